The van der Waals surface area contributed by atoms with Crippen molar-refractivity contribution < 1.29 is 14.3 Å². The summed E-state index contributed by atoms with van der Waals surface area (Å²) in [6, 6.07) is 9.42. The van der Waals surface area contributed by atoms with E-state index < -0.39 is 17.5 Å². The van der Waals surface area contributed by atoms with Crippen molar-refractivity contribution in [3.05, 3.63) is 82.8 Å². The Bertz CT molecular complexity index is 1340. The molecule has 0 aliphatic carbocycles. The second kappa shape index (κ2) is 8.84. The number of hydrogen-bond acceptors (Lipinski definition) is 6. The van der Waals surface area contributed by atoms with Crippen LogP contribution in [0.25, 0.3) is 22.0 Å². The number of rotatable bonds is 6. The van der Waals surface area contributed by atoms with E-state index in [1.54, 1.807) is 33.2 Å². The highest BCUT2D eigenvalue weighted by molar-refractivity contribution is 6.34. The maximum atomic E-state index is 14.4. The van der Waals surface area contributed by atoms with Crippen molar-refractivity contribution in [2.75, 3.05) is 5.32 Å². The molecule has 8 heteroatoms. The number of halogens is 2. The summed E-state index contributed by atoms with van der Waals surface area (Å²) in [5.74, 6) is -0.0904. The molecule has 0 aliphatic rings. The quantitative estimate of drug-likeness (QED) is 0.356. The molecule has 2 aromatic carbocycles. The van der Waals surface area contributed by atoms with Crippen LogP contribution in [0.5, 0.6) is 0 Å². The van der Waals surface area contributed by atoms with Crippen LogP contribution in [0.4, 0.5) is 10.1 Å². The molecule has 0 fully saturated rings. The van der Waals surface area contributed by atoms with Crippen molar-refractivity contribution in [1.82, 2.24) is 15.0 Å². The van der Waals surface area contributed by atoms with E-state index in [0.29, 0.717) is 39.5 Å². The van der Waals surface area contributed by atoms with Crippen molar-refractivity contribution >= 4 is 34.5 Å². The molecule has 33 heavy (non-hydrogen) atoms. The monoisotopic (exact) mass is 464 g/mol. The van der Waals surface area contributed by atoms with E-state index in [4.69, 9.17) is 11.6 Å². The van der Waals surface area contributed by atoms with Gasteiger partial charge in [0.2, 0.25) is 0 Å². The Hall–Kier alpha value is -3.42. The lowest BCUT2D eigenvalue weighted by molar-refractivity contribution is 0.0687. The van der Waals surface area contributed by atoms with Gasteiger partial charge in [0.05, 0.1) is 22.3 Å². The average Bonchev–Trinajstić information content (AvgIpc) is 2.80. The molecule has 0 aliphatic heterocycles. The molecule has 4 aromatic rings. The molecule has 168 valence electrons. The third kappa shape index (κ3) is 4.69. The molecule has 0 radical (unpaired) electrons. The molecule has 6 nitrogen and oxygen atoms in total. The second-order valence-electron chi connectivity index (χ2n) is 8.33. The van der Waals surface area contributed by atoms with Gasteiger partial charge in [-0.2, -0.15) is 0 Å². The summed E-state index contributed by atoms with van der Waals surface area (Å²) < 4.78 is 14.4. The van der Waals surface area contributed by atoms with Crippen molar-refractivity contribution in [2.24, 2.45) is 0 Å². The van der Waals surface area contributed by atoms with E-state index in [1.165, 1.54) is 24.4 Å². The summed E-state index contributed by atoms with van der Waals surface area (Å²) in [7, 11) is 0. The van der Waals surface area contributed by atoms with E-state index in [-0.39, 0.29) is 0 Å². The van der Waals surface area contributed by atoms with Crippen LogP contribution in [-0.4, -0.2) is 26.3 Å². The lowest BCUT2D eigenvalue weighted by Gasteiger charge is -2.19. The van der Waals surface area contributed by atoms with Crippen LogP contribution in [0.1, 0.15) is 48.6 Å². The van der Waals surface area contributed by atoms with Crippen LogP contribution in [0.15, 0.2) is 55.0 Å². The zero-order valence-electron chi connectivity index (χ0n) is 18.3. The van der Waals surface area contributed by atoms with Crippen LogP contribution in [-0.2, 0) is 5.60 Å². The molecule has 2 heterocycles. The van der Waals surface area contributed by atoms with Gasteiger partial charge in [-0.25, -0.2) is 14.4 Å². The fourth-order valence-corrected chi connectivity index (χ4v) is 3.75. The van der Waals surface area contributed by atoms with Gasteiger partial charge in [0.1, 0.15) is 17.7 Å². The van der Waals surface area contributed by atoms with E-state index in [9.17, 15) is 14.3 Å². The molecule has 4 rings (SSSR count). The van der Waals surface area contributed by atoms with Gasteiger partial charge in [0.25, 0.3) is 0 Å². The number of aliphatic hydroxyl groups is 1. The maximum Gasteiger partial charge on any atom is 0.159 e. The fourth-order valence-electron chi connectivity index (χ4n) is 3.55. The van der Waals surface area contributed by atoms with Crippen molar-refractivity contribution in [3.8, 4) is 11.1 Å². The molecule has 1 atom stereocenters. The topological polar surface area (TPSA) is 88.0 Å². The molecule has 2 aromatic heterocycles. The Kier molecular flexibility index (Phi) is 6.10. The Morgan fingerprint density at radius 3 is 2.45 bits per heavy atom. The fraction of sp³-hybridized carbons (Fsp3) is 0.200. The minimum Gasteiger partial charge on any atom is -0.382 e. The lowest BCUT2D eigenvalue weighted by Crippen LogP contribution is -2.19. The van der Waals surface area contributed by atoms with Gasteiger partial charge in [0, 0.05) is 40.7 Å². The van der Waals surface area contributed by atoms with Crippen molar-refractivity contribution in [2.45, 2.75) is 32.4 Å². The molecule has 0 unspecified atom stereocenters. The smallest absolute Gasteiger partial charge is 0.159 e. The Labute approximate surface area is 195 Å². The number of aldehydes is 1. The van der Waals surface area contributed by atoms with Gasteiger partial charge in [-0.1, -0.05) is 17.7 Å². The van der Waals surface area contributed by atoms with Crippen molar-refractivity contribution in [3.63, 3.8) is 0 Å². The van der Waals surface area contributed by atoms with Gasteiger partial charge >= 0.3 is 0 Å². The normalized spacial score (nSPS) is 12.5. The minimum atomic E-state index is -1.14. The van der Waals surface area contributed by atoms with Gasteiger partial charge in [0.15, 0.2) is 5.82 Å². The minimum absolute atomic E-state index is 0.326. The molecule has 0 saturated carbocycles. The summed E-state index contributed by atoms with van der Waals surface area (Å²) >= 11 is 6.48. The number of fused-ring (bicyclic) bond motifs is 1. The second-order valence-corrected chi connectivity index (χ2v) is 8.74. The highest BCUT2D eigenvalue weighted by Crippen LogP contribution is 2.35. The SMILES string of the molecule is C[C@@H](Nc1c(Cl)cnc2ccc(-c3cnc(C(C)(C)O)nc3)cc12)c1cc(C=O)ccc1F. The third-order valence-electron chi connectivity index (χ3n) is 5.34. The van der Waals surface area contributed by atoms with Gasteiger partial charge in [-0.05, 0) is 56.7 Å². The van der Waals surface area contributed by atoms with E-state index in [2.05, 4.69) is 20.3 Å². The first-order valence-corrected chi connectivity index (χ1v) is 10.7. The average molecular weight is 465 g/mol. The Balaban J connectivity index is 1.74. The molecule has 0 bridgehead atoms. The number of pyridine rings is 1. The van der Waals surface area contributed by atoms with Gasteiger partial charge < -0.3 is 10.4 Å². The number of benzene rings is 2. The predicted molar refractivity (Wildman–Crippen MR) is 127 cm³/mol. The summed E-state index contributed by atoms with van der Waals surface area (Å²) in [4.78, 5) is 24.1. The molecular weight excluding hydrogens is 443 g/mol. The standard InChI is InChI=1S/C25H22ClFN4O2/c1-14(18-8-15(13-32)4-6-21(18)27)31-23-19-9-16(5-7-22(19)28-12-20(23)26)17-10-29-24(30-11-17)25(2,3)33/h4-14,33H,1-3H3,(H,28,31)/t14-/m1/s1. The first kappa shape index (κ1) is 22.8. The molecule has 2 N–H and O–H groups in total. The molecule has 0 spiro atoms. The van der Waals surface area contributed by atoms with Crippen LogP contribution in [0.2, 0.25) is 5.02 Å². The first-order valence-electron chi connectivity index (χ1n) is 10.3. The summed E-state index contributed by atoms with van der Waals surface area (Å²) in [6.45, 7) is 5.04. The zero-order chi connectivity index (χ0) is 23.8. The third-order valence-corrected chi connectivity index (χ3v) is 5.62. The molecule has 0 saturated heterocycles. The summed E-state index contributed by atoms with van der Waals surface area (Å²) in [5, 5.41) is 14.5. The van der Waals surface area contributed by atoms with Crippen LogP contribution < -0.4 is 5.32 Å². The van der Waals surface area contributed by atoms with Crippen LogP contribution >= 0.6 is 11.6 Å². The van der Waals surface area contributed by atoms with E-state index >= 15 is 0 Å². The Morgan fingerprint density at radius 2 is 1.79 bits per heavy atom. The summed E-state index contributed by atoms with van der Waals surface area (Å²) in [5.41, 5.74) is 2.50. The number of anilines is 1. The zero-order valence-corrected chi connectivity index (χ0v) is 19.1. The van der Waals surface area contributed by atoms with Gasteiger partial charge in [-0.3, -0.25) is 9.78 Å². The van der Waals surface area contributed by atoms with E-state index in [1.807, 2.05) is 18.2 Å². The largest absolute Gasteiger partial charge is 0.382 e. The van der Waals surface area contributed by atoms with Crippen LogP contribution in [0.3, 0.4) is 0 Å². The predicted octanol–water partition coefficient (Wildman–Crippen LogP) is 5.70. The number of carbonyl (C=O) groups excluding carboxylic acids is 1. The van der Waals surface area contributed by atoms with E-state index in [0.717, 1.165) is 16.5 Å². The lowest BCUT2D eigenvalue weighted by atomic mass is 10.0. The van der Waals surface area contributed by atoms with Crippen molar-refractivity contribution in [1.29, 1.82) is 0 Å². The molecular formula is C25H22ClFN4O2. The summed E-state index contributed by atoms with van der Waals surface area (Å²) in [6.07, 6.45) is 5.52. The highest BCUT2D eigenvalue weighted by atomic mass is 35.5. The number of hydrogen-bond donors (Lipinski definition) is 2. The molecule has 0 amide bonds. The Morgan fingerprint density at radius 1 is 1.06 bits per heavy atom. The number of nitrogens with zero attached hydrogens (tertiary/aromatic N) is 3. The van der Waals surface area contributed by atoms with Gasteiger partial charge in [-0.15, -0.1) is 0 Å². The van der Waals surface area contributed by atoms with Crippen LogP contribution in [0, 0.1) is 5.82 Å². The number of nitrogens with one attached hydrogen (secondary N) is 1. The highest BCUT2D eigenvalue weighted by Gasteiger charge is 2.20. The first-order chi connectivity index (χ1) is 15.7. The maximum absolute atomic E-state index is 14.4. The number of carbonyl (C=O) groups is 1. The number of aromatic nitrogens is 3.